The Morgan fingerprint density at radius 1 is 1.42 bits per heavy atom. The van der Waals surface area contributed by atoms with Crippen molar-refractivity contribution in [1.82, 2.24) is 24.5 Å². The summed E-state index contributed by atoms with van der Waals surface area (Å²) in [5.41, 5.74) is 1.23. The van der Waals surface area contributed by atoms with E-state index in [1.165, 1.54) is 15.2 Å². The zero-order valence-electron chi connectivity index (χ0n) is 13.2. The fourth-order valence-electron chi connectivity index (χ4n) is 2.23. The minimum Gasteiger partial charge on any atom is -0.352 e. The molecule has 1 N–H and O–H groups in total. The Kier molecular flexibility index (Phi) is 4.85. The molecule has 0 radical (unpaired) electrons. The first-order valence-corrected chi connectivity index (χ1v) is 8.44. The molecule has 8 heteroatoms. The number of nitrogens with zero attached hydrogens (tertiary/aromatic N) is 4. The van der Waals surface area contributed by atoms with E-state index in [2.05, 4.69) is 15.4 Å². The van der Waals surface area contributed by atoms with E-state index in [1.807, 2.05) is 18.4 Å². The first-order chi connectivity index (χ1) is 11.6. The molecular weight excluding hydrogens is 326 g/mol. The number of aryl methyl sites for hydroxylation is 2. The fourth-order valence-corrected chi connectivity index (χ4v) is 2.81. The zero-order chi connectivity index (χ0) is 16.9. The predicted octanol–water partition coefficient (Wildman–Crippen LogP) is 1.48. The van der Waals surface area contributed by atoms with Crippen LogP contribution in [0.15, 0.2) is 40.6 Å². The molecular formula is C16H17N5O2S. The monoisotopic (exact) mass is 343 g/mol. The van der Waals surface area contributed by atoms with Crippen molar-refractivity contribution >= 4 is 29.0 Å². The molecule has 0 aliphatic heterocycles. The number of carbonyl (C=O) groups excluding carboxylic acids is 1. The first-order valence-electron chi connectivity index (χ1n) is 7.56. The van der Waals surface area contributed by atoms with Gasteiger partial charge < -0.3 is 5.32 Å². The average Bonchev–Trinajstić information content (AvgIpc) is 3.14. The van der Waals surface area contributed by atoms with Crippen molar-refractivity contribution in [2.45, 2.75) is 19.9 Å². The number of aromatic nitrogens is 4. The second kappa shape index (κ2) is 7.22. The van der Waals surface area contributed by atoms with Crippen LogP contribution in [0.25, 0.3) is 11.7 Å². The maximum Gasteiger partial charge on any atom is 0.350 e. The molecule has 0 fully saturated rings. The molecule has 3 aromatic heterocycles. The van der Waals surface area contributed by atoms with Crippen LogP contribution in [-0.2, 0) is 11.3 Å². The second-order valence-corrected chi connectivity index (χ2v) is 6.27. The minimum atomic E-state index is -0.178. The first kappa shape index (κ1) is 16.1. The summed E-state index contributed by atoms with van der Waals surface area (Å²) in [6.45, 7) is 2.85. The predicted molar refractivity (Wildman–Crippen MR) is 93.0 cm³/mol. The molecule has 0 spiro atoms. The van der Waals surface area contributed by atoms with Gasteiger partial charge in [0.05, 0.1) is 10.7 Å². The van der Waals surface area contributed by atoms with Gasteiger partial charge >= 0.3 is 5.69 Å². The highest BCUT2D eigenvalue weighted by Crippen LogP contribution is 2.08. The Balaban J connectivity index is 1.48. The Bertz CT molecular complexity index is 937. The molecule has 0 saturated carbocycles. The Labute approximate surface area is 142 Å². The van der Waals surface area contributed by atoms with Gasteiger partial charge in [-0.15, -0.1) is 16.4 Å². The maximum absolute atomic E-state index is 12.1. The van der Waals surface area contributed by atoms with E-state index in [4.69, 9.17) is 0 Å². The van der Waals surface area contributed by atoms with Gasteiger partial charge in [-0.3, -0.25) is 9.20 Å². The smallest absolute Gasteiger partial charge is 0.350 e. The summed E-state index contributed by atoms with van der Waals surface area (Å²) in [4.78, 5) is 28.1. The third-order valence-corrected chi connectivity index (χ3v) is 4.17. The number of hydrogen-bond donors (Lipinski definition) is 1. The molecule has 1 amide bonds. The minimum absolute atomic E-state index is 0.171. The number of rotatable bonds is 6. The lowest BCUT2D eigenvalue weighted by Gasteiger charge is -2.01. The Morgan fingerprint density at radius 3 is 3.04 bits per heavy atom. The number of pyridine rings is 1. The van der Waals surface area contributed by atoms with Gasteiger partial charge in [-0.1, -0.05) is 6.07 Å². The van der Waals surface area contributed by atoms with Crippen molar-refractivity contribution in [3.8, 4) is 0 Å². The van der Waals surface area contributed by atoms with Crippen LogP contribution in [0.2, 0.25) is 0 Å². The molecule has 7 nitrogen and oxygen atoms in total. The van der Waals surface area contributed by atoms with E-state index < -0.39 is 0 Å². The van der Waals surface area contributed by atoms with E-state index in [-0.39, 0.29) is 11.6 Å². The molecule has 0 bridgehead atoms. The lowest BCUT2D eigenvalue weighted by Crippen LogP contribution is -2.26. The highest BCUT2D eigenvalue weighted by atomic mass is 32.1. The van der Waals surface area contributed by atoms with Crippen molar-refractivity contribution in [1.29, 1.82) is 0 Å². The van der Waals surface area contributed by atoms with Crippen molar-refractivity contribution in [2.75, 3.05) is 6.54 Å². The van der Waals surface area contributed by atoms with Crippen LogP contribution in [-0.4, -0.2) is 31.6 Å². The number of nitrogens with one attached hydrogen (secondary N) is 1. The van der Waals surface area contributed by atoms with Crippen molar-refractivity contribution in [3.63, 3.8) is 0 Å². The number of fused-ring (bicyclic) bond motifs is 1. The van der Waals surface area contributed by atoms with Crippen LogP contribution >= 0.6 is 11.3 Å². The molecule has 3 aromatic rings. The quantitative estimate of drug-likeness (QED) is 0.543. The number of hydrogen-bond acceptors (Lipinski definition) is 5. The maximum atomic E-state index is 12.1. The molecule has 0 aliphatic carbocycles. The molecule has 0 saturated heterocycles. The highest BCUT2D eigenvalue weighted by Gasteiger charge is 2.05. The van der Waals surface area contributed by atoms with Crippen LogP contribution < -0.4 is 11.0 Å². The summed E-state index contributed by atoms with van der Waals surface area (Å²) in [7, 11) is 0. The molecule has 0 aromatic carbocycles. The molecule has 0 atom stereocenters. The normalized spacial score (nSPS) is 11.4. The lowest BCUT2D eigenvalue weighted by molar-refractivity contribution is -0.116. The van der Waals surface area contributed by atoms with Gasteiger partial charge in [-0.2, -0.15) is 0 Å². The Hall–Kier alpha value is -2.74. The standard InChI is InChI=1S/C16H17N5O2S/c1-12-18-13(11-24-12)6-7-15(22)17-8-4-10-21-16(23)20-9-3-2-5-14(20)19-21/h2-3,5-7,9,11H,4,8,10H2,1H3,(H,17,22). The van der Waals surface area contributed by atoms with Gasteiger partial charge in [0.2, 0.25) is 5.91 Å². The van der Waals surface area contributed by atoms with Gasteiger partial charge in [0, 0.05) is 30.7 Å². The van der Waals surface area contributed by atoms with Crippen LogP contribution in [0, 0.1) is 6.92 Å². The van der Waals surface area contributed by atoms with Gasteiger partial charge in [0.15, 0.2) is 5.65 Å². The SMILES string of the molecule is Cc1nc(C=CC(=O)NCCCn2nc3ccccn3c2=O)cs1. The zero-order valence-corrected chi connectivity index (χ0v) is 14.0. The summed E-state index contributed by atoms with van der Waals surface area (Å²) in [5.74, 6) is -0.178. The molecule has 124 valence electrons. The Morgan fingerprint density at radius 2 is 2.29 bits per heavy atom. The number of thiazole rings is 1. The van der Waals surface area contributed by atoms with Crippen LogP contribution in [0.3, 0.4) is 0 Å². The van der Waals surface area contributed by atoms with Gasteiger partial charge in [0.25, 0.3) is 0 Å². The fraction of sp³-hybridized carbons (Fsp3) is 0.250. The molecule has 0 aliphatic rings. The number of amides is 1. The van der Waals surface area contributed by atoms with Crippen LogP contribution in [0.4, 0.5) is 0 Å². The summed E-state index contributed by atoms with van der Waals surface area (Å²) in [5, 5.41) is 9.89. The molecule has 3 heterocycles. The van der Waals surface area contributed by atoms with Crippen molar-refractivity contribution in [3.05, 3.63) is 57.0 Å². The van der Waals surface area contributed by atoms with Crippen LogP contribution in [0.1, 0.15) is 17.1 Å². The van der Waals surface area contributed by atoms with E-state index in [0.29, 0.717) is 25.2 Å². The lowest BCUT2D eigenvalue weighted by atomic mass is 10.3. The van der Waals surface area contributed by atoms with Gasteiger partial charge in [-0.25, -0.2) is 14.5 Å². The third-order valence-electron chi connectivity index (χ3n) is 3.38. The molecule has 0 unspecified atom stereocenters. The average molecular weight is 343 g/mol. The van der Waals surface area contributed by atoms with Gasteiger partial charge in [-0.05, 0) is 31.6 Å². The van der Waals surface area contributed by atoms with E-state index in [9.17, 15) is 9.59 Å². The van der Waals surface area contributed by atoms with E-state index >= 15 is 0 Å². The second-order valence-electron chi connectivity index (χ2n) is 5.20. The number of carbonyl (C=O) groups is 1. The summed E-state index contributed by atoms with van der Waals surface area (Å²) in [6, 6.07) is 5.41. The topological polar surface area (TPSA) is 81.3 Å². The summed E-state index contributed by atoms with van der Waals surface area (Å²) < 4.78 is 2.91. The largest absolute Gasteiger partial charge is 0.352 e. The van der Waals surface area contributed by atoms with Crippen molar-refractivity contribution < 1.29 is 4.79 Å². The van der Waals surface area contributed by atoms with E-state index in [0.717, 1.165) is 10.7 Å². The summed E-state index contributed by atoms with van der Waals surface area (Å²) in [6.07, 6.45) is 5.46. The summed E-state index contributed by atoms with van der Waals surface area (Å²) >= 11 is 1.54. The van der Waals surface area contributed by atoms with Gasteiger partial charge in [0.1, 0.15) is 0 Å². The van der Waals surface area contributed by atoms with Crippen LogP contribution in [0.5, 0.6) is 0 Å². The van der Waals surface area contributed by atoms with Crippen molar-refractivity contribution in [2.24, 2.45) is 0 Å². The highest BCUT2D eigenvalue weighted by molar-refractivity contribution is 7.09. The third kappa shape index (κ3) is 3.77. The molecule has 24 heavy (non-hydrogen) atoms. The molecule has 3 rings (SSSR count). The van der Waals surface area contributed by atoms with E-state index in [1.54, 1.807) is 35.7 Å².